The average Bonchev–Trinajstić information content (AvgIpc) is 2.89. The van der Waals surface area contributed by atoms with E-state index >= 15 is 0 Å². The Kier molecular flexibility index (Phi) is 11.0. The van der Waals surface area contributed by atoms with Gasteiger partial charge in [-0.25, -0.2) is 13.8 Å². The first-order valence-corrected chi connectivity index (χ1v) is 14.1. The third kappa shape index (κ3) is 8.19. The van der Waals surface area contributed by atoms with E-state index in [1.807, 2.05) is 13.8 Å². The van der Waals surface area contributed by atoms with E-state index in [1.54, 1.807) is 42.5 Å². The Morgan fingerprint density at radius 1 is 1.00 bits per heavy atom. The number of sulfonamides is 1. The topological polar surface area (TPSA) is 97.3 Å². The maximum atomic E-state index is 13.4. The molecule has 0 aliphatic carbocycles. The highest BCUT2D eigenvalue weighted by Gasteiger charge is 2.27. The molecule has 0 spiro atoms. The van der Waals surface area contributed by atoms with E-state index in [0.717, 1.165) is 10.7 Å². The van der Waals surface area contributed by atoms with Crippen LogP contribution in [0.1, 0.15) is 31.4 Å². The molecule has 202 valence electrons. The predicted molar refractivity (Wildman–Crippen MR) is 150 cm³/mol. The summed E-state index contributed by atoms with van der Waals surface area (Å²) in [6, 6.07) is 17.9. The number of rotatable bonds is 13. The van der Waals surface area contributed by atoms with Crippen molar-refractivity contribution >= 4 is 45.3 Å². The second-order valence-corrected chi connectivity index (χ2v) is 10.9. The first-order chi connectivity index (χ1) is 18.2. The van der Waals surface area contributed by atoms with E-state index in [1.165, 1.54) is 30.5 Å². The number of ether oxygens (including phenoxy) is 2. The molecule has 0 radical (unpaired) electrons. The molecule has 0 aromatic heterocycles. The number of carbonyl (C=O) groups is 1. The summed E-state index contributed by atoms with van der Waals surface area (Å²) in [4.78, 5) is 12.8. The summed E-state index contributed by atoms with van der Waals surface area (Å²) < 4.78 is 39.2. The predicted octanol–water partition coefficient (Wildman–Crippen LogP) is 5.52. The maximum Gasteiger partial charge on any atom is 0.255 e. The molecule has 0 aliphatic rings. The molecule has 0 saturated heterocycles. The zero-order valence-corrected chi connectivity index (χ0v) is 23.4. The molecule has 0 saturated carbocycles. The van der Waals surface area contributed by atoms with Crippen molar-refractivity contribution in [3.63, 3.8) is 0 Å². The Labute approximate surface area is 233 Å². The number of hydrogen-bond acceptors (Lipinski definition) is 6. The van der Waals surface area contributed by atoms with E-state index < -0.39 is 22.5 Å². The van der Waals surface area contributed by atoms with Gasteiger partial charge in [0, 0.05) is 16.6 Å². The van der Waals surface area contributed by atoms with Gasteiger partial charge in [-0.2, -0.15) is 9.41 Å². The lowest BCUT2D eigenvalue weighted by Crippen LogP contribution is -2.39. The molecular weight excluding hydrogens is 549 g/mol. The van der Waals surface area contributed by atoms with Crippen LogP contribution in [-0.4, -0.2) is 44.6 Å². The summed E-state index contributed by atoms with van der Waals surface area (Å²) in [6.07, 6.45) is 2.30. The number of nitrogens with one attached hydrogen (secondary N) is 1. The maximum absolute atomic E-state index is 13.4. The highest BCUT2D eigenvalue weighted by molar-refractivity contribution is 7.89. The van der Waals surface area contributed by atoms with Crippen LogP contribution in [0.4, 0.5) is 0 Å². The van der Waals surface area contributed by atoms with Gasteiger partial charge in [-0.1, -0.05) is 48.3 Å². The fourth-order valence-electron chi connectivity index (χ4n) is 3.38. The third-order valence-electron chi connectivity index (χ3n) is 5.21. The van der Waals surface area contributed by atoms with Crippen LogP contribution in [0.15, 0.2) is 76.7 Å². The molecule has 3 rings (SSSR count). The number of benzene rings is 3. The summed E-state index contributed by atoms with van der Waals surface area (Å²) in [6.45, 7) is 4.31. The van der Waals surface area contributed by atoms with E-state index in [9.17, 15) is 13.2 Å². The molecule has 0 atom stereocenters. The van der Waals surface area contributed by atoms with Crippen LogP contribution >= 0.6 is 23.2 Å². The summed E-state index contributed by atoms with van der Waals surface area (Å²) in [5.74, 6) is 0.562. The van der Waals surface area contributed by atoms with Gasteiger partial charge in [-0.15, -0.1) is 0 Å². The molecule has 1 amide bonds. The van der Waals surface area contributed by atoms with Gasteiger partial charge >= 0.3 is 0 Å². The van der Waals surface area contributed by atoms with Crippen LogP contribution in [0.5, 0.6) is 11.5 Å². The Morgan fingerprint density at radius 2 is 1.74 bits per heavy atom. The number of amides is 1. The summed E-state index contributed by atoms with van der Waals surface area (Å²) in [5, 5.41) is 4.77. The molecule has 0 unspecified atom stereocenters. The van der Waals surface area contributed by atoms with Gasteiger partial charge in [0.2, 0.25) is 10.0 Å². The van der Waals surface area contributed by atoms with Crippen molar-refractivity contribution in [2.24, 2.45) is 5.10 Å². The minimum atomic E-state index is -4.06. The molecule has 3 aromatic carbocycles. The van der Waals surface area contributed by atoms with Gasteiger partial charge in [0.25, 0.3) is 5.91 Å². The van der Waals surface area contributed by atoms with Crippen molar-refractivity contribution in [1.29, 1.82) is 0 Å². The molecule has 0 aliphatic heterocycles. The average molecular weight is 579 g/mol. The summed E-state index contributed by atoms with van der Waals surface area (Å²) >= 11 is 12.2. The van der Waals surface area contributed by atoms with Crippen molar-refractivity contribution in [2.75, 3.05) is 19.8 Å². The van der Waals surface area contributed by atoms with Crippen LogP contribution in [0, 0.1) is 0 Å². The molecular formula is C27H29Cl2N3O5S. The van der Waals surface area contributed by atoms with E-state index in [4.69, 9.17) is 32.7 Å². The number of nitrogens with zero attached hydrogens (tertiary/aromatic N) is 2. The standard InChI is InChI=1S/C27H29Cl2N3O5S/c1-3-15-37-25-14-9-20(16-26(25)36-4-2)17-30-31-27(33)19-32(18-21-7-5-6-8-24(21)29)38(34,35)23-12-10-22(28)11-13-23/h5-14,16-17H,3-4,15,18-19H2,1-2H3,(H,31,33)/b30-17+. The van der Waals surface area contributed by atoms with Crippen molar-refractivity contribution in [3.8, 4) is 11.5 Å². The third-order valence-corrected chi connectivity index (χ3v) is 7.63. The van der Waals surface area contributed by atoms with Crippen LogP contribution in [0.2, 0.25) is 10.0 Å². The quantitative estimate of drug-likeness (QED) is 0.213. The second kappa shape index (κ2) is 14.2. The smallest absolute Gasteiger partial charge is 0.255 e. The van der Waals surface area contributed by atoms with Crippen molar-refractivity contribution in [3.05, 3.63) is 87.9 Å². The van der Waals surface area contributed by atoms with Gasteiger partial charge < -0.3 is 9.47 Å². The highest BCUT2D eigenvalue weighted by Crippen LogP contribution is 2.28. The number of halogens is 2. The molecule has 0 bridgehead atoms. The fourth-order valence-corrected chi connectivity index (χ4v) is 5.07. The van der Waals surface area contributed by atoms with Gasteiger partial charge in [-0.05, 0) is 73.0 Å². The van der Waals surface area contributed by atoms with Gasteiger partial charge in [0.1, 0.15) is 0 Å². The van der Waals surface area contributed by atoms with E-state index in [2.05, 4.69) is 10.5 Å². The first-order valence-electron chi connectivity index (χ1n) is 11.9. The minimum absolute atomic E-state index is 0.000842. The molecule has 1 N–H and O–H groups in total. The molecule has 11 heteroatoms. The fraction of sp³-hybridized carbons (Fsp3) is 0.259. The van der Waals surface area contributed by atoms with Crippen molar-refractivity contribution in [2.45, 2.75) is 31.7 Å². The van der Waals surface area contributed by atoms with Gasteiger partial charge in [0.05, 0.1) is 30.9 Å². The zero-order valence-electron chi connectivity index (χ0n) is 21.1. The molecule has 38 heavy (non-hydrogen) atoms. The summed E-state index contributed by atoms with van der Waals surface area (Å²) in [7, 11) is -4.06. The highest BCUT2D eigenvalue weighted by atomic mass is 35.5. The van der Waals surface area contributed by atoms with Gasteiger partial charge in [0.15, 0.2) is 11.5 Å². The molecule has 8 nitrogen and oxygen atoms in total. The zero-order chi connectivity index (χ0) is 27.5. The van der Waals surface area contributed by atoms with Gasteiger partial charge in [-0.3, -0.25) is 4.79 Å². The Morgan fingerprint density at radius 3 is 2.42 bits per heavy atom. The number of hydrogen-bond donors (Lipinski definition) is 1. The largest absolute Gasteiger partial charge is 0.490 e. The van der Waals surface area contributed by atoms with Crippen molar-refractivity contribution in [1.82, 2.24) is 9.73 Å². The lowest BCUT2D eigenvalue weighted by Gasteiger charge is -2.22. The van der Waals surface area contributed by atoms with E-state index in [-0.39, 0.29) is 11.4 Å². The monoisotopic (exact) mass is 577 g/mol. The lowest BCUT2D eigenvalue weighted by atomic mass is 10.2. The summed E-state index contributed by atoms with van der Waals surface area (Å²) in [5.41, 5.74) is 3.61. The number of carbonyl (C=O) groups excluding carboxylic acids is 1. The molecule has 0 fully saturated rings. The Balaban J connectivity index is 1.76. The number of hydrazone groups is 1. The normalized spacial score (nSPS) is 11.6. The van der Waals surface area contributed by atoms with Crippen LogP contribution < -0.4 is 14.9 Å². The Hall–Kier alpha value is -3.11. The van der Waals surface area contributed by atoms with E-state index in [0.29, 0.717) is 45.9 Å². The van der Waals surface area contributed by atoms with Crippen LogP contribution in [0.3, 0.4) is 0 Å². The lowest BCUT2D eigenvalue weighted by molar-refractivity contribution is -0.121. The SMILES string of the molecule is CCCOc1ccc(/C=N/NC(=O)CN(Cc2ccccc2Cl)S(=O)(=O)c2ccc(Cl)cc2)cc1OCC. The molecule has 0 heterocycles. The van der Waals surface area contributed by atoms with Crippen LogP contribution in [0.25, 0.3) is 0 Å². The molecule has 3 aromatic rings. The first kappa shape index (κ1) is 29.4. The Bertz CT molecular complexity index is 1370. The van der Waals surface area contributed by atoms with Crippen molar-refractivity contribution < 1.29 is 22.7 Å². The van der Waals surface area contributed by atoms with Crippen LogP contribution in [-0.2, 0) is 21.4 Å². The minimum Gasteiger partial charge on any atom is -0.490 e. The second-order valence-electron chi connectivity index (χ2n) is 8.10.